The van der Waals surface area contributed by atoms with E-state index in [0.29, 0.717) is 12.1 Å². The van der Waals surface area contributed by atoms with Gasteiger partial charge >= 0.3 is 12.4 Å². The number of rotatable bonds is 3. The molecule has 0 saturated carbocycles. The van der Waals surface area contributed by atoms with Gasteiger partial charge in [-0.15, -0.1) is 0 Å². The minimum atomic E-state index is -5.06. The number of halogens is 6. The van der Waals surface area contributed by atoms with Crippen LogP contribution < -0.4 is 5.32 Å². The van der Waals surface area contributed by atoms with Gasteiger partial charge in [-0.05, 0) is 18.1 Å². The number of benzene rings is 1. The Morgan fingerprint density at radius 1 is 1.17 bits per heavy atom. The number of carbonyl (C=O) groups is 1. The molecular formula is C14H13F6NO2. The van der Waals surface area contributed by atoms with Crippen LogP contribution in [0.3, 0.4) is 0 Å². The van der Waals surface area contributed by atoms with Crippen molar-refractivity contribution in [3.8, 4) is 0 Å². The molecular weight excluding hydrogens is 328 g/mol. The van der Waals surface area contributed by atoms with Gasteiger partial charge in [-0.1, -0.05) is 18.2 Å². The van der Waals surface area contributed by atoms with Gasteiger partial charge in [-0.25, -0.2) is 0 Å². The lowest BCUT2D eigenvalue weighted by Gasteiger charge is -2.26. The number of ether oxygens (including phenoxy) is 1. The summed E-state index contributed by atoms with van der Waals surface area (Å²) in [7, 11) is 0. The van der Waals surface area contributed by atoms with Crippen LogP contribution in [0.15, 0.2) is 24.3 Å². The summed E-state index contributed by atoms with van der Waals surface area (Å²) in [6.07, 6.45) is -9.78. The van der Waals surface area contributed by atoms with E-state index in [0.717, 1.165) is 12.1 Å². The molecule has 1 heterocycles. The zero-order valence-corrected chi connectivity index (χ0v) is 11.7. The van der Waals surface area contributed by atoms with Gasteiger partial charge in [0.15, 0.2) is 6.04 Å². The van der Waals surface area contributed by atoms with Gasteiger partial charge in [0.25, 0.3) is 0 Å². The summed E-state index contributed by atoms with van der Waals surface area (Å²) in [4.78, 5) is 11.9. The van der Waals surface area contributed by atoms with E-state index in [4.69, 9.17) is 4.74 Å². The van der Waals surface area contributed by atoms with Crippen molar-refractivity contribution in [3.05, 3.63) is 35.4 Å². The van der Waals surface area contributed by atoms with Crippen molar-refractivity contribution in [2.45, 2.75) is 24.8 Å². The Labute approximate surface area is 127 Å². The molecule has 1 saturated heterocycles. The largest absolute Gasteiger partial charge is 0.416 e. The van der Waals surface area contributed by atoms with E-state index in [-0.39, 0.29) is 19.6 Å². The van der Waals surface area contributed by atoms with Crippen molar-refractivity contribution in [1.29, 1.82) is 0 Å². The van der Waals surface area contributed by atoms with E-state index in [1.54, 1.807) is 5.32 Å². The molecule has 0 spiro atoms. The molecule has 1 amide bonds. The van der Waals surface area contributed by atoms with Gasteiger partial charge in [-0.2, -0.15) is 26.3 Å². The third-order valence-electron chi connectivity index (χ3n) is 3.49. The maximum Gasteiger partial charge on any atom is 0.416 e. The molecule has 1 fully saturated rings. The van der Waals surface area contributed by atoms with Crippen molar-refractivity contribution < 1.29 is 35.9 Å². The summed E-state index contributed by atoms with van der Waals surface area (Å²) in [6.45, 7) is 0.186. The van der Waals surface area contributed by atoms with Crippen LogP contribution in [0.25, 0.3) is 0 Å². The van der Waals surface area contributed by atoms with E-state index >= 15 is 0 Å². The van der Waals surface area contributed by atoms with Gasteiger partial charge in [0.1, 0.15) is 0 Å². The van der Waals surface area contributed by atoms with Crippen LogP contribution in [-0.4, -0.2) is 25.3 Å². The molecule has 2 atom stereocenters. The van der Waals surface area contributed by atoms with Gasteiger partial charge in [0, 0.05) is 6.61 Å². The standard InChI is InChI=1S/C14H13F6NO2/c15-13(16,17)10-4-2-1-3-9(10)11(14(18,19)20)21-12(22)8-5-6-23-7-8/h1-4,8,11H,5-7H2,(H,21,22). The second-order valence-corrected chi connectivity index (χ2v) is 5.13. The van der Waals surface area contributed by atoms with Crippen LogP contribution in [-0.2, 0) is 15.7 Å². The van der Waals surface area contributed by atoms with Crippen LogP contribution in [0, 0.1) is 5.92 Å². The molecule has 0 radical (unpaired) electrons. The van der Waals surface area contributed by atoms with Gasteiger partial charge in [0.2, 0.25) is 5.91 Å². The first-order valence-corrected chi connectivity index (χ1v) is 6.71. The fourth-order valence-corrected chi connectivity index (χ4v) is 2.34. The first-order valence-electron chi connectivity index (χ1n) is 6.71. The molecule has 1 aromatic carbocycles. The summed E-state index contributed by atoms with van der Waals surface area (Å²) in [5.41, 5.74) is -2.45. The smallest absolute Gasteiger partial charge is 0.381 e. The predicted octanol–water partition coefficient (Wildman–Crippen LogP) is 3.46. The highest BCUT2D eigenvalue weighted by molar-refractivity contribution is 5.79. The van der Waals surface area contributed by atoms with Gasteiger partial charge < -0.3 is 10.1 Å². The molecule has 23 heavy (non-hydrogen) atoms. The number of hydrogen-bond acceptors (Lipinski definition) is 2. The Hall–Kier alpha value is -1.77. The second-order valence-electron chi connectivity index (χ2n) is 5.13. The van der Waals surface area contributed by atoms with Crippen molar-refractivity contribution in [2.75, 3.05) is 13.2 Å². The lowest BCUT2D eigenvalue weighted by Crippen LogP contribution is -2.42. The highest BCUT2D eigenvalue weighted by Crippen LogP contribution is 2.40. The lowest BCUT2D eigenvalue weighted by molar-refractivity contribution is -0.168. The zero-order chi connectivity index (χ0) is 17.3. The zero-order valence-electron chi connectivity index (χ0n) is 11.7. The van der Waals surface area contributed by atoms with E-state index in [1.807, 2.05) is 0 Å². The lowest BCUT2D eigenvalue weighted by atomic mass is 9.98. The Morgan fingerprint density at radius 2 is 1.83 bits per heavy atom. The van der Waals surface area contributed by atoms with Crippen LogP contribution in [0.4, 0.5) is 26.3 Å². The normalized spacial score (nSPS) is 20.3. The highest BCUT2D eigenvalue weighted by atomic mass is 19.4. The maximum absolute atomic E-state index is 13.2. The minimum absolute atomic E-state index is 0.0443. The number of carbonyl (C=O) groups excluding carboxylic acids is 1. The van der Waals surface area contributed by atoms with Crippen LogP contribution >= 0.6 is 0 Å². The number of alkyl halides is 6. The summed E-state index contributed by atoms with van der Waals surface area (Å²) in [5.74, 6) is -1.76. The van der Waals surface area contributed by atoms with Crippen LogP contribution in [0.1, 0.15) is 23.6 Å². The summed E-state index contributed by atoms with van der Waals surface area (Å²) < 4.78 is 83.3. The average molecular weight is 341 g/mol. The molecule has 1 N–H and O–H groups in total. The Balaban J connectivity index is 2.35. The van der Waals surface area contributed by atoms with Crippen LogP contribution in [0.5, 0.6) is 0 Å². The molecule has 0 bridgehead atoms. The van der Waals surface area contributed by atoms with Gasteiger partial charge in [0.05, 0.1) is 18.1 Å². The third-order valence-corrected chi connectivity index (χ3v) is 3.49. The Bertz CT molecular complexity index is 563. The average Bonchev–Trinajstić information content (AvgIpc) is 2.96. The summed E-state index contributed by atoms with van der Waals surface area (Å²) in [6, 6.07) is 0.597. The Morgan fingerprint density at radius 3 is 2.35 bits per heavy atom. The molecule has 1 aliphatic heterocycles. The third kappa shape index (κ3) is 4.15. The van der Waals surface area contributed by atoms with Gasteiger partial charge in [-0.3, -0.25) is 4.79 Å². The molecule has 0 aliphatic carbocycles. The second kappa shape index (κ2) is 6.38. The monoisotopic (exact) mass is 341 g/mol. The first kappa shape index (κ1) is 17.6. The van der Waals surface area contributed by atoms with Crippen molar-refractivity contribution in [1.82, 2.24) is 5.32 Å². The molecule has 2 unspecified atom stereocenters. The molecule has 2 rings (SSSR count). The van der Waals surface area contributed by atoms with E-state index < -0.39 is 41.3 Å². The predicted molar refractivity (Wildman–Crippen MR) is 67.3 cm³/mol. The molecule has 0 aromatic heterocycles. The van der Waals surface area contributed by atoms with E-state index in [9.17, 15) is 31.1 Å². The minimum Gasteiger partial charge on any atom is -0.381 e. The maximum atomic E-state index is 13.2. The SMILES string of the molecule is O=C(NC(c1ccccc1C(F)(F)F)C(F)(F)F)C1CCOC1. The molecule has 128 valence electrons. The van der Waals surface area contributed by atoms with Crippen molar-refractivity contribution in [3.63, 3.8) is 0 Å². The summed E-state index contributed by atoms with van der Waals surface area (Å²) >= 11 is 0. The number of amides is 1. The van der Waals surface area contributed by atoms with E-state index in [2.05, 4.69) is 0 Å². The summed E-state index contributed by atoms with van der Waals surface area (Å²) in [5, 5.41) is 1.68. The fraction of sp³-hybridized carbons (Fsp3) is 0.500. The first-order chi connectivity index (χ1) is 10.6. The van der Waals surface area contributed by atoms with E-state index in [1.165, 1.54) is 0 Å². The molecule has 1 aromatic rings. The van der Waals surface area contributed by atoms with Crippen molar-refractivity contribution in [2.24, 2.45) is 5.92 Å². The number of nitrogens with one attached hydrogen (secondary N) is 1. The van der Waals surface area contributed by atoms with Crippen molar-refractivity contribution >= 4 is 5.91 Å². The molecule has 9 heteroatoms. The fourth-order valence-electron chi connectivity index (χ4n) is 2.34. The Kier molecular flexibility index (Phi) is 4.88. The van der Waals surface area contributed by atoms with Crippen LogP contribution in [0.2, 0.25) is 0 Å². The highest BCUT2D eigenvalue weighted by Gasteiger charge is 2.47. The topological polar surface area (TPSA) is 38.3 Å². The molecule has 3 nitrogen and oxygen atoms in total. The molecule has 1 aliphatic rings. The quantitative estimate of drug-likeness (QED) is 0.855. The number of hydrogen-bond donors (Lipinski definition) is 1.